The Morgan fingerprint density at radius 2 is 2.00 bits per heavy atom. The lowest BCUT2D eigenvalue weighted by molar-refractivity contribution is 0.0276. The molecule has 0 aliphatic heterocycles. The minimum atomic E-state index is 0.0879. The molecule has 0 aromatic heterocycles. The van der Waals surface area contributed by atoms with E-state index in [0.29, 0.717) is 6.61 Å². The van der Waals surface area contributed by atoms with E-state index < -0.39 is 0 Å². The summed E-state index contributed by atoms with van der Waals surface area (Å²) >= 11 is 3.56. The van der Waals surface area contributed by atoms with Crippen molar-refractivity contribution in [3.05, 3.63) is 34.3 Å². The zero-order valence-corrected chi connectivity index (χ0v) is 12.2. The van der Waals surface area contributed by atoms with Crippen molar-refractivity contribution in [2.75, 3.05) is 27.4 Å². The highest BCUT2D eigenvalue weighted by atomic mass is 79.9. The number of halogens is 1. The maximum atomic E-state index is 5.31. The summed E-state index contributed by atoms with van der Waals surface area (Å²) in [5.41, 5.74) is 1.25. The van der Waals surface area contributed by atoms with Crippen molar-refractivity contribution in [2.45, 2.75) is 19.1 Å². The molecule has 17 heavy (non-hydrogen) atoms. The highest BCUT2D eigenvalue weighted by Crippen LogP contribution is 2.22. The second kappa shape index (κ2) is 7.82. The molecule has 2 unspecified atom stereocenters. The molecule has 0 radical (unpaired) electrons. The van der Waals surface area contributed by atoms with E-state index in [1.807, 2.05) is 12.1 Å². The van der Waals surface area contributed by atoms with Crippen molar-refractivity contribution in [1.82, 2.24) is 5.32 Å². The van der Waals surface area contributed by atoms with E-state index in [2.05, 4.69) is 40.3 Å². The van der Waals surface area contributed by atoms with Gasteiger partial charge in [-0.3, -0.25) is 0 Å². The Hall–Kier alpha value is -0.420. The summed E-state index contributed by atoms with van der Waals surface area (Å²) in [6.07, 6.45) is 0.0879. The molecule has 1 rings (SSSR count). The van der Waals surface area contributed by atoms with Crippen LogP contribution in [0.4, 0.5) is 0 Å². The third-order valence-electron chi connectivity index (χ3n) is 2.71. The van der Waals surface area contributed by atoms with Gasteiger partial charge in [-0.25, -0.2) is 0 Å². The fourth-order valence-electron chi connectivity index (χ4n) is 1.64. The van der Waals surface area contributed by atoms with Gasteiger partial charge in [0.05, 0.1) is 12.7 Å². The van der Waals surface area contributed by atoms with Gasteiger partial charge in [0.15, 0.2) is 0 Å². The molecular weight excluding hydrogens is 282 g/mol. The molecule has 1 aromatic rings. The molecule has 0 aliphatic carbocycles. The first-order chi connectivity index (χ1) is 8.19. The van der Waals surface area contributed by atoms with E-state index in [0.717, 1.165) is 11.0 Å². The van der Waals surface area contributed by atoms with Crippen LogP contribution in [0.15, 0.2) is 28.7 Å². The maximum absolute atomic E-state index is 5.31. The van der Waals surface area contributed by atoms with Gasteiger partial charge in [-0.2, -0.15) is 0 Å². The number of rotatable bonds is 7. The van der Waals surface area contributed by atoms with Crippen molar-refractivity contribution in [3.63, 3.8) is 0 Å². The second-order valence-corrected chi connectivity index (χ2v) is 4.82. The number of nitrogens with one attached hydrogen (secondary N) is 1. The SMILES string of the molecule is COCC(CNC(C)c1ccccc1Br)OC. The van der Waals surface area contributed by atoms with E-state index in [-0.39, 0.29) is 12.1 Å². The summed E-state index contributed by atoms with van der Waals surface area (Å²) in [5, 5.41) is 3.44. The van der Waals surface area contributed by atoms with Crippen molar-refractivity contribution in [3.8, 4) is 0 Å². The molecule has 1 N–H and O–H groups in total. The first-order valence-electron chi connectivity index (χ1n) is 5.68. The quantitative estimate of drug-likeness (QED) is 0.840. The van der Waals surface area contributed by atoms with E-state index in [1.54, 1.807) is 14.2 Å². The third kappa shape index (κ3) is 4.76. The summed E-state index contributed by atoms with van der Waals surface area (Å²) < 4.78 is 11.5. The summed E-state index contributed by atoms with van der Waals surface area (Å²) in [4.78, 5) is 0. The van der Waals surface area contributed by atoms with Gasteiger partial charge in [0.25, 0.3) is 0 Å². The average molecular weight is 302 g/mol. The molecular formula is C13H20BrNO2. The van der Waals surface area contributed by atoms with Gasteiger partial charge in [-0.15, -0.1) is 0 Å². The fraction of sp³-hybridized carbons (Fsp3) is 0.538. The molecule has 0 heterocycles. The molecule has 3 nitrogen and oxygen atoms in total. The Labute approximate surface area is 112 Å². The molecule has 1 aromatic carbocycles. The largest absolute Gasteiger partial charge is 0.382 e. The molecule has 96 valence electrons. The average Bonchev–Trinajstić information content (AvgIpc) is 2.34. The van der Waals surface area contributed by atoms with Gasteiger partial charge in [-0.05, 0) is 18.6 Å². The highest BCUT2D eigenvalue weighted by Gasteiger charge is 2.11. The topological polar surface area (TPSA) is 30.5 Å². The minimum absolute atomic E-state index is 0.0879. The molecule has 0 saturated heterocycles. The van der Waals surface area contributed by atoms with Crippen molar-refractivity contribution in [1.29, 1.82) is 0 Å². The Bertz CT molecular complexity index is 333. The lowest BCUT2D eigenvalue weighted by Crippen LogP contribution is -2.33. The number of hydrogen-bond donors (Lipinski definition) is 1. The lowest BCUT2D eigenvalue weighted by Gasteiger charge is -2.20. The standard InChI is InChI=1S/C13H20BrNO2/c1-10(12-6-4-5-7-13(12)14)15-8-11(17-3)9-16-2/h4-7,10-11,15H,8-9H2,1-3H3. The van der Waals surface area contributed by atoms with E-state index >= 15 is 0 Å². The number of ether oxygens (including phenoxy) is 2. The minimum Gasteiger partial charge on any atom is -0.382 e. The van der Waals surface area contributed by atoms with E-state index in [4.69, 9.17) is 9.47 Å². The maximum Gasteiger partial charge on any atom is 0.0928 e. The summed E-state index contributed by atoms with van der Waals surface area (Å²) in [5.74, 6) is 0. The fourth-order valence-corrected chi connectivity index (χ4v) is 2.27. The number of benzene rings is 1. The first kappa shape index (κ1) is 14.6. The Morgan fingerprint density at radius 3 is 2.59 bits per heavy atom. The smallest absolute Gasteiger partial charge is 0.0928 e. The van der Waals surface area contributed by atoms with Gasteiger partial charge >= 0.3 is 0 Å². The molecule has 2 atom stereocenters. The normalized spacial score (nSPS) is 14.6. The van der Waals surface area contributed by atoms with Gasteiger partial charge in [0, 0.05) is 31.3 Å². The van der Waals surface area contributed by atoms with Gasteiger partial charge in [0.1, 0.15) is 0 Å². The van der Waals surface area contributed by atoms with Crippen LogP contribution >= 0.6 is 15.9 Å². The van der Waals surface area contributed by atoms with Crippen LogP contribution in [0.2, 0.25) is 0 Å². The van der Waals surface area contributed by atoms with Crippen molar-refractivity contribution in [2.24, 2.45) is 0 Å². The predicted molar refractivity (Wildman–Crippen MR) is 73.2 cm³/mol. The second-order valence-electron chi connectivity index (χ2n) is 3.96. The Kier molecular flexibility index (Phi) is 6.73. The summed E-state index contributed by atoms with van der Waals surface area (Å²) in [6, 6.07) is 8.50. The van der Waals surface area contributed by atoms with Crippen LogP contribution in [0.25, 0.3) is 0 Å². The van der Waals surface area contributed by atoms with E-state index in [1.165, 1.54) is 5.56 Å². The van der Waals surface area contributed by atoms with Crippen molar-refractivity contribution >= 4 is 15.9 Å². The lowest BCUT2D eigenvalue weighted by atomic mass is 10.1. The molecule has 4 heteroatoms. The predicted octanol–water partition coefficient (Wildman–Crippen LogP) is 2.76. The third-order valence-corrected chi connectivity index (χ3v) is 3.43. The Balaban J connectivity index is 2.49. The monoisotopic (exact) mass is 301 g/mol. The van der Waals surface area contributed by atoms with Crippen LogP contribution < -0.4 is 5.32 Å². The van der Waals surface area contributed by atoms with Crippen LogP contribution in [0.5, 0.6) is 0 Å². The van der Waals surface area contributed by atoms with Gasteiger partial charge < -0.3 is 14.8 Å². The van der Waals surface area contributed by atoms with Crippen LogP contribution in [0.3, 0.4) is 0 Å². The van der Waals surface area contributed by atoms with Crippen LogP contribution in [0, 0.1) is 0 Å². The first-order valence-corrected chi connectivity index (χ1v) is 6.47. The van der Waals surface area contributed by atoms with Gasteiger partial charge in [-0.1, -0.05) is 34.1 Å². The summed E-state index contributed by atoms with van der Waals surface area (Å²) in [6.45, 7) is 3.51. The molecule has 0 bridgehead atoms. The van der Waals surface area contributed by atoms with Gasteiger partial charge in [0.2, 0.25) is 0 Å². The summed E-state index contributed by atoms with van der Waals surface area (Å²) in [7, 11) is 3.39. The highest BCUT2D eigenvalue weighted by molar-refractivity contribution is 9.10. The molecule has 0 fully saturated rings. The molecule has 0 aliphatic rings. The number of hydrogen-bond acceptors (Lipinski definition) is 3. The van der Waals surface area contributed by atoms with Crippen LogP contribution in [-0.4, -0.2) is 33.5 Å². The Morgan fingerprint density at radius 1 is 1.29 bits per heavy atom. The van der Waals surface area contributed by atoms with Crippen LogP contribution in [-0.2, 0) is 9.47 Å². The zero-order chi connectivity index (χ0) is 12.7. The molecule has 0 spiro atoms. The van der Waals surface area contributed by atoms with Crippen LogP contribution in [0.1, 0.15) is 18.5 Å². The number of methoxy groups -OCH3 is 2. The molecule has 0 saturated carbocycles. The van der Waals surface area contributed by atoms with E-state index in [9.17, 15) is 0 Å². The molecule has 0 amide bonds. The van der Waals surface area contributed by atoms with Crippen molar-refractivity contribution < 1.29 is 9.47 Å². The zero-order valence-electron chi connectivity index (χ0n) is 10.6.